The van der Waals surface area contributed by atoms with Crippen molar-refractivity contribution in [2.24, 2.45) is 32.7 Å². The van der Waals surface area contributed by atoms with E-state index in [1.54, 1.807) is 0 Å². The summed E-state index contributed by atoms with van der Waals surface area (Å²) in [5.41, 5.74) is 9.78. The molecule has 2 saturated carbocycles. The number of hydrogen-bond donors (Lipinski definition) is 2. The second-order valence-electron chi connectivity index (χ2n) is 7.31. The molecule has 2 unspecified atom stereocenters. The molecule has 1 aromatic rings. The Morgan fingerprint density at radius 1 is 1.50 bits per heavy atom. The van der Waals surface area contributed by atoms with Crippen molar-refractivity contribution in [3.05, 3.63) is 22.4 Å². The molecule has 3 rings (SSSR count). The van der Waals surface area contributed by atoms with Crippen molar-refractivity contribution < 1.29 is 9.63 Å². The number of hydrazone groups is 1. The minimum absolute atomic E-state index is 0.0769. The maximum absolute atomic E-state index is 11.9. The van der Waals surface area contributed by atoms with Gasteiger partial charge in [-0.25, -0.2) is 5.43 Å². The van der Waals surface area contributed by atoms with Gasteiger partial charge in [0.1, 0.15) is 0 Å². The van der Waals surface area contributed by atoms with Gasteiger partial charge in [-0.1, -0.05) is 32.0 Å². The SMILES string of the molecule is CC12CCC(C/C1=N/NC(=O)CO/N=C(\N)c1cccs1)C2(C)C. The number of nitrogens with one attached hydrogen (secondary N) is 1. The number of oxime groups is 1. The molecule has 3 N–H and O–H groups in total. The number of hydrogen-bond acceptors (Lipinski definition) is 5. The average molecular weight is 348 g/mol. The lowest BCUT2D eigenvalue weighted by Gasteiger charge is -2.34. The highest BCUT2D eigenvalue weighted by Gasteiger charge is 2.59. The Kier molecular flexibility index (Phi) is 4.38. The summed E-state index contributed by atoms with van der Waals surface area (Å²) in [4.78, 5) is 17.7. The zero-order chi connectivity index (χ0) is 17.4. The topological polar surface area (TPSA) is 89.1 Å². The fourth-order valence-electron chi connectivity index (χ4n) is 3.89. The van der Waals surface area contributed by atoms with Gasteiger partial charge in [0.25, 0.3) is 5.91 Å². The molecular weight excluding hydrogens is 324 g/mol. The van der Waals surface area contributed by atoms with Crippen LogP contribution in [0.25, 0.3) is 0 Å². The number of thiophene rings is 1. The molecule has 130 valence electrons. The fraction of sp³-hybridized carbons (Fsp3) is 0.588. The highest BCUT2D eigenvalue weighted by molar-refractivity contribution is 7.12. The number of fused-ring (bicyclic) bond motifs is 2. The molecule has 0 radical (unpaired) electrons. The second kappa shape index (κ2) is 6.20. The monoisotopic (exact) mass is 348 g/mol. The first-order chi connectivity index (χ1) is 11.3. The van der Waals surface area contributed by atoms with E-state index in [1.165, 1.54) is 17.8 Å². The van der Waals surface area contributed by atoms with E-state index in [4.69, 9.17) is 10.6 Å². The van der Waals surface area contributed by atoms with Crippen LogP contribution >= 0.6 is 11.3 Å². The summed E-state index contributed by atoms with van der Waals surface area (Å²) in [5, 5.41) is 10.0. The minimum atomic E-state index is -0.325. The van der Waals surface area contributed by atoms with Crippen LogP contribution in [0.3, 0.4) is 0 Å². The zero-order valence-corrected chi connectivity index (χ0v) is 15.2. The summed E-state index contributed by atoms with van der Waals surface area (Å²) >= 11 is 1.46. The van der Waals surface area contributed by atoms with Gasteiger partial charge in [0, 0.05) is 11.1 Å². The normalized spacial score (nSPS) is 29.9. The molecule has 1 amide bonds. The van der Waals surface area contributed by atoms with Crippen molar-refractivity contribution >= 4 is 28.8 Å². The Morgan fingerprint density at radius 2 is 2.29 bits per heavy atom. The van der Waals surface area contributed by atoms with Crippen LogP contribution in [-0.4, -0.2) is 24.1 Å². The van der Waals surface area contributed by atoms with Crippen molar-refractivity contribution in [1.82, 2.24) is 5.43 Å². The largest absolute Gasteiger partial charge is 0.384 e. The van der Waals surface area contributed by atoms with Crippen LogP contribution in [0, 0.1) is 16.7 Å². The maximum atomic E-state index is 11.9. The second-order valence-corrected chi connectivity index (χ2v) is 8.26. The maximum Gasteiger partial charge on any atom is 0.280 e. The van der Waals surface area contributed by atoms with Crippen LogP contribution in [0.4, 0.5) is 0 Å². The van der Waals surface area contributed by atoms with Gasteiger partial charge in [0.2, 0.25) is 0 Å². The third kappa shape index (κ3) is 2.81. The van der Waals surface area contributed by atoms with Crippen molar-refractivity contribution in [3.8, 4) is 0 Å². The van der Waals surface area contributed by atoms with E-state index in [0.717, 1.165) is 23.4 Å². The first-order valence-electron chi connectivity index (χ1n) is 8.20. The van der Waals surface area contributed by atoms with Gasteiger partial charge in [-0.05, 0) is 42.0 Å². The number of amidine groups is 1. The molecule has 0 aromatic carbocycles. The molecular formula is C17H24N4O2S. The number of carbonyl (C=O) groups excluding carboxylic acids is 1. The predicted molar refractivity (Wildman–Crippen MR) is 95.8 cm³/mol. The lowest BCUT2D eigenvalue weighted by Crippen LogP contribution is -2.34. The highest BCUT2D eigenvalue weighted by atomic mass is 32.1. The Labute approximate surface area is 146 Å². The molecule has 0 aliphatic heterocycles. The summed E-state index contributed by atoms with van der Waals surface area (Å²) in [5.74, 6) is 0.602. The van der Waals surface area contributed by atoms with E-state index < -0.39 is 0 Å². The van der Waals surface area contributed by atoms with E-state index >= 15 is 0 Å². The van der Waals surface area contributed by atoms with Crippen LogP contribution in [0.5, 0.6) is 0 Å². The molecule has 24 heavy (non-hydrogen) atoms. The third-order valence-electron chi connectivity index (χ3n) is 5.96. The van der Waals surface area contributed by atoms with Crippen molar-refractivity contribution in [3.63, 3.8) is 0 Å². The molecule has 2 aliphatic carbocycles. The Hall–Kier alpha value is -1.89. The van der Waals surface area contributed by atoms with Crippen LogP contribution in [0.1, 0.15) is 44.9 Å². The smallest absolute Gasteiger partial charge is 0.280 e. The molecule has 1 aromatic heterocycles. The molecule has 2 fully saturated rings. The van der Waals surface area contributed by atoms with Gasteiger partial charge >= 0.3 is 0 Å². The summed E-state index contributed by atoms with van der Waals surface area (Å²) in [6.07, 6.45) is 3.35. The van der Waals surface area contributed by atoms with Gasteiger partial charge in [0.15, 0.2) is 12.4 Å². The molecule has 2 bridgehead atoms. The van der Waals surface area contributed by atoms with Crippen molar-refractivity contribution in [1.29, 1.82) is 0 Å². The number of amides is 1. The quantitative estimate of drug-likeness (QED) is 0.487. The molecule has 2 atom stereocenters. The molecule has 0 spiro atoms. The van der Waals surface area contributed by atoms with Crippen LogP contribution in [-0.2, 0) is 9.63 Å². The van der Waals surface area contributed by atoms with E-state index in [2.05, 4.69) is 36.5 Å². The van der Waals surface area contributed by atoms with Gasteiger partial charge in [-0.3, -0.25) is 4.79 Å². The number of carbonyl (C=O) groups is 1. The standard InChI is InChI=1S/C17H24N4O2S/c1-16(2)11-6-7-17(16,3)13(9-11)19-20-14(22)10-23-21-15(18)12-5-4-8-24-12/h4-5,8,11H,6-7,9-10H2,1-3H3,(H2,18,21)(H,20,22)/b19-13-. The summed E-state index contributed by atoms with van der Waals surface area (Å²) in [6, 6.07) is 3.72. The molecule has 2 aliphatic rings. The van der Waals surface area contributed by atoms with Gasteiger partial charge < -0.3 is 10.6 Å². The third-order valence-corrected chi connectivity index (χ3v) is 6.85. The lowest BCUT2D eigenvalue weighted by atomic mass is 9.70. The molecule has 0 saturated heterocycles. The minimum Gasteiger partial charge on any atom is -0.384 e. The first kappa shape index (κ1) is 17.0. The Bertz CT molecular complexity index is 681. The summed E-state index contributed by atoms with van der Waals surface area (Å²) < 4.78 is 0. The predicted octanol–water partition coefficient (Wildman–Crippen LogP) is 2.70. The van der Waals surface area contributed by atoms with Crippen LogP contribution in [0.2, 0.25) is 0 Å². The van der Waals surface area contributed by atoms with E-state index in [9.17, 15) is 4.79 Å². The first-order valence-corrected chi connectivity index (χ1v) is 9.08. The number of nitrogens with two attached hydrogens (primary N) is 1. The zero-order valence-electron chi connectivity index (χ0n) is 14.3. The van der Waals surface area contributed by atoms with Crippen molar-refractivity contribution in [2.75, 3.05) is 6.61 Å². The highest BCUT2D eigenvalue weighted by Crippen LogP contribution is 2.63. The van der Waals surface area contributed by atoms with E-state index in [0.29, 0.717) is 5.92 Å². The van der Waals surface area contributed by atoms with E-state index in [1.807, 2.05) is 17.5 Å². The fourth-order valence-corrected chi connectivity index (χ4v) is 4.51. The van der Waals surface area contributed by atoms with Crippen LogP contribution in [0.15, 0.2) is 27.8 Å². The van der Waals surface area contributed by atoms with Crippen molar-refractivity contribution in [2.45, 2.75) is 40.0 Å². The lowest BCUT2D eigenvalue weighted by molar-refractivity contribution is -0.125. The van der Waals surface area contributed by atoms with E-state index in [-0.39, 0.29) is 29.2 Å². The molecule has 7 heteroatoms. The Balaban J connectivity index is 1.52. The number of nitrogens with zero attached hydrogens (tertiary/aromatic N) is 2. The summed E-state index contributed by atoms with van der Waals surface area (Å²) in [6.45, 7) is 6.67. The van der Waals surface area contributed by atoms with Gasteiger partial charge in [0.05, 0.1) is 4.88 Å². The summed E-state index contributed by atoms with van der Waals surface area (Å²) in [7, 11) is 0. The van der Waals surface area contributed by atoms with Gasteiger partial charge in [-0.2, -0.15) is 5.10 Å². The van der Waals surface area contributed by atoms with Crippen LogP contribution < -0.4 is 11.2 Å². The average Bonchev–Trinajstić information content (AvgIpc) is 3.18. The molecule has 1 heterocycles. The number of rotatable bonds is 5. The Morgan fingerprint density at radius 3 is 2.88 bits per heavy atom. The molecule has 6 nitrogen and oxygen atoms in total. The van der Waals surface area contributed by atoms with Gasteiger partial charge in [-0.15, -0.1) is 11.3 Å².